The largest absolute Gasteiger partial charge is 0.469 e. The van der Waals surface area contributed by atoms with Crippen molar-refractivity contribution in [3.8, 4) is 0 Å². The van der Waals surface area contributed by atoms with Crippen molar-refractivity contribution in [1.82, 2.24) is 5.32 Å². The number of fused-ring (bicyclic) bond motifs is 1. The Morgan fingerprint density at radius 2 is 2.05 bits per heavy atom. The molecular formula is C16H23NO2. The normalized spacial score (nSPS) is 15.7. The third-order valence-corrected chi connectivity index (χ3v) is 3.88. The number of methoxy groups -OCH3 is 1. The molecule has 1 atom stereocenters. The third kappa shape index (κ3) is 3.80. The van der Waals surface area contributed by atoms with Crippen LogP contribution in [0.25, 0.3) is 0 Å². The predicted molar refractivity (Wildman–Crippen MR) is 76.1 cm³/mol. The van der Waals surface area contributed by atoms with Crippen molar-refractivity contribution < 1.29 is 9.53 Å². The SMILES string of the molecule is COC(=O)CCNC(C)c1ccc2c(c1)CCCC2. The zero-order valence-corrected chi connectivity index (χ0v) is 11.9. The van der Waals surface area contributed by atoms with Gasteiger partial charge >= 0.3 is 5.97 Å². The first kappa shape index (κ1) is 14.1. The molecule has 104 valence electrons. The number of hydrogen-bond donors (Lipinski definition) is 1. The number of rotatable bonds is 5. The summed E-state index contributed by atoms with van der Waals surface area (Å²) in [5, 5.41) is 3.37. The summed E-state index contributed by atoms with van der Waals surface area (Å²) in [6, 6.07) is 7.07. The van der Waals surface area contributed by atoms with Gasteiger partial charge in [0.1, 0.15) is 0 Å². The van der Waals surface area contributed by atoms with Gasteiger partial charge in [-0.3, -0.25) is 4.79 Å². The van der Waals surface area contributed by atoms with E-state index >= 15 is 0 Å². The summed E-state index contributed by atoms with van der Waals surface area (Å²) < 4.78 is 4.63. The number of benzene rings is 1. The number of carbonyl (C=O) groups excluding carboxylic acids is 1. The van der Waals surface area contributed by atoms with Crippen LogP contribution in [-0.2, 0) is 22.4 Å². The standard InChI is InChI=1S/C16H23NO2/c1-12(17-10-9-16(18)19-2)14-8-7-13-5-3-4-6-15(13)11-14/h7-8,11-12,17H,3-6,9-10H2,1-2H3. The highest BCUT2D eigenvalue weighted by Gasteiger charge is 2.12. The Hall–Kier alpha value is -1.35. The third-order valence-electron chi connectivity index (χ3n) is 3.88. The Labute approximate surface area is 115 Å². The first-order valence-corrected chi connectivity index (χ1v) is 7.12. The summed E-state index contributed by atoms with van der Waals surface area (Å²) in [7, 11) is 1.43. The maximum Gasteiger partial charge on any atom is 0.306 e. The molecule has 2 rings (SSSR count). The summed E-state index contributed by atoms with van der Waals surface area (Å²) in [6.07, 6.45) is 5.48. The smallest absolute Gasteiger partial charge is 0.306 e. The van der Waals surface area contributed by atoms with Crippen molar-refractivity contribution in [1.29, 1.82) is 0 Å². The molecule has 0 aliphatic heterocycles. The summed E-state index contributed by atoms with van der Waals surface area (Å²) in [5.41, 5.74) is 4.33. The molecule has 0 amide bonds. The molecule has 0 heterocycles. The van der Waals surface area contributed by atoms with Crippen LogP contribution < -0.4 is 5.32 Å². The van der Waals surface area contributed by atoms with E-state index < -0.39 is 0 Å². The maximum absolute atomic E-state index is 11.1. The van der Waals surface area contributed by atoms with E-state index in [1.807, 2.05) is 0 Å². The second-order valence-corrected chi connectivity index (χ2v) is 5.24. The van der Waals surface area contributed by atoms with Crippen LogP contribution in [0.15, 0.2) is 18.2 Å². The van der Waals surface area contributed by atoms with Crippen LogP contribution >= 0.6 is 0 Å². The Morgan fingerprint density at radius 3 is 2.79 bits per heavy atom. The monoisotopic (exact) mass is 261 g/mol. The van der Waals surface area contributed by atoms with E-state index in [0.717, 1.165) is 0 Å². The number of aryl methyl sites for hydroxylation is 2. The van der Waals surface area contributed by atoms with Gasteiger partial charge in [-0.05, 0) is 49.3 Å². The Balaban J connectivity index is 1.91. The fourth-order valence-electron chi connectivity index (χ4n) is 2.63. The number of esters is 1. The summed E-state index contributed by atoms with van der Waals surface area (Å²) in [5.74, 6) is -0.162. The lowest BCUT2D eigenvalue weighted by atomic mass is 9.89. The number of hydrogen-bond acceptors (Lipinski definition) is 3. The lowest BCUT2D eigenvalue weighted by Gasteiger charge is -2.20. The highest BCUT2D eigenvalue weighted by atomic mass is 16.5. The molecule has 0 fully saturated rings. The van der Waals surface area contributed by atoms with E-state index in [0.29, 0.717) is 13.0 Å². The van der Waals surface area contributed by atoms with E-state index in [4.69, 9.17) is 0 Å². The van der Waals surface area contributed by atoms with Gasteiger partial charge in [-0.2, -0.15) is 0 Å². The van der Waals surface area contributed by atoms with Crippen LogP contribution in [0.4, 0.5) is 0 Å². The minimum atomic E-state index is -0.162. The molecule has 0 bridgehead atoms. The van der Waals surface area contributed by atoms with Gasteiger partial charge in [0.05, 0.1) is 13.5 Å². The molecule has 0 spiro atoms. The fraction of sp³-hybridized carbons (Fsp3) is 0.562. The summed E-state index contributed by atoms with van der Waals surface area (Å²) in [6.45, 7) is 2.80. The van der Waals surface area contributed by atoms with Gasteiger partial charge in [0.25, 0.3) is 0 Å². The molecule has 0 aromatic heterocycles. The lowest BCUT2D eigenvalue weighted by molar-refractivity contribution is -0.140. The molecule has 1 aliphatic rings. The molecule has 0 saturated heterocycles. The van der Waals surface area contributed by atoms with E-state index in [2.05, 4.69) is 35.2 Å². The van der Waals surface area contributed by atoms with Crippen LogP contribution in [0.2, 0.25) is 0 Å². The van der Waals surface area contributed by atoms with Gasteiger partial charge in [0, 0.05) is 12.6 Å². The minimum absolute atomic E-state index is 0.162. The lowest BCUT2D eigenvalue weighted by Crippen LogP contribution is -2.22. The highest BCUT2D eigenvalue weighted by Crippen LogP contribution is 2.24. The molecule has 0 radical (unpaired) electrons. The van der Waals surface area contributed by atoms with Gasteiger partial charge in [-0.15, -0.1) is 0 Å². The van der Waals surface area contributed by atoms with Gasteiger partial charge in [-0.1, -0.05) is 18.2 Å². The first-order valence-electron chi connectivity index (χ1n) is 7.12. The van der Waals surface area contributed by atoms with Gasteiger partial charge in [0.15, 0.2) is 0 Å². The Bertz CT molecular complexity index is 442. The van der Waals surface area contributed by atoms with Gasteiger partial charge < -0.3 is 10.1 Å². The number of ether oxygens (including phenoxy) is 1. The highest BCUT2D eigenvalue weighted by molar-refractivity contribution is 5.69. The predicted octanol–water partition coefficient (Wildman–Crippen LogP) is 2.78. The van der Waals surface area contributed by atoms with E-state index in [9.17, 15) is 4.79 Å². The maximum atomic E-state index is 11.1. The second-order valence-electron chi connectivity index (χ2n) is 5.24. The number of carbonyl (C=O) groups is 1. The van der Waals surface area contributed by atoms with Crippen molar-refractivity contribution >= 4 is 5.97 Å². The summed E-state index contributed by atoms with van der Waals surface area (Å²) >= 11 is 0. The van der Waals surface area contributed by atoms with Crippen molar-refractivity contribution in [3.63, 3.8) is 0 Å². The van der Waals surface area contributed by atoms with Crippen LogP contribution in [0.3, 0.4) is 0 Å². The average Bonchev–Trinajstić information content (AvgIpc) is 2.46. The quantitative estimate of drug-likeness (QED) is 0.828. The molecule has 1 aliphatic carbocycles. The van der Waals surface area contributed by atoms with Gasteiger partial charge in [0.2, 0.25) is 0 Å². The van der Waals surface area contributed by atoms with Crippen LogP contribution in [-0.4, -0.2) is 19.6 Å². The zero-order chi connectivity index (χ0) is 13.7. The van der Waals surface area contributed by atoms with E-state index in [-0.39, 0.29) is 12.0 Å². The molecule has 1 aromatic rings. The molecule has 3 nitrogen and oxygen atoms in total. The van der Waals surface area contributed by atoms with Crippen LogP contribution in [0, 0.1) is 0 Å². The molecule has 1 unspecified atom stereocenters. The minimum Gasteiger partial charge on any atom is -0.469 e. The van der Waals surface area contributed by atoms with Crippen LogP contribution in [0.5, 0.6) is 0 Å². The first-order chi connectivity index (χ1) is 9.20. The molecule has 19 heavy (non-hydrogen) atoms. The topological polar surface area (TPSA) is 38.3 Å². The Morgan fingerprint density at radius 1 is 1.32 bits per heavy atom. The van der Waals surface area contributed by atoms with Crippen molar-refractivity contribution in [2.45, 2.75) is 45.1 Å². The Kier molecular flexibility index (Phi) is 4.97. The van der Waals surface area contributed by atoms with Crippen LogP contribution in [0.1, 0.15) is 48.9 Å². The average molecular weight is 261 g/mol. The molecule has 1 N–H and O–H groups in total. The van der Waals surface area contributed by atoms with E-state index in [1.54, 1.807) is 0 Å². The molecule has 3 heteroatoms. The molecular weight excluding hydrogens is 238 g/mol. The van der Waals surface area contributed by atoms with Crippen molar-refractivity contribution in [2.24, 2.45) is 0 Å². The fourth-order valence-corrected chi connectivity index (χ4v) is 2.63. The van der Waals surface area contributed by atoms with Gasteiger partial charge in [-0.25, -0.2) is 0 Å². The van der Waals surface area contributed by atoms with E-state index in [1.165, 1.54) is 49.5 Å². The van der Waals surface area contributed by atoms with Crippen molar-refractivity contribution in [3.05, 3.63) is 34.9 Å². The second kappa shape index (κ2) is 6.71. The summed E-state index contributed by atoms with van der Waals surface area (Å²) in [4.78, 5) is 11.1. The zero-order valence-electron chi connectivity index (χ0n) is 11.9. The van der Waals surface area contributed by atoms with Crippen molar-refractivity contribution in [2.75, 3.05) is 13.7 Å². The number of nitrogens with one attached hydrogen (secondary N) is 1. The molecule has 0 saturated carbocycles. The molecule has 1 aromatic carbocycles.